The molecule has 0 aromatic heterocycles. The van der Waals surface area contributed by atoms with Gasteiger partial charge in [0.05, 0.1) is 25.7 Å². The van der Waals surface area contributed by atoms with Crippen LogP contribution in [0.25, 0.3) is 0 Å². The van der Waals surface area contributed by atoms with Crippen molar-refractivity contribution in [2.45, 2.75) is 26.0 Å². The van der Waals surface area contributed by atoms with E-state index in [1.807, 2.05) is 13.8 Å². The van der Waals surface area contributed by atoms with Crippen LogP contribution in [-0.4, -0.2) is 49.0 Å². The first-order valence-corrected chi connectivity index (χ1v) is 8.17. The highest BCUT2D eigenvalue weighted by molar-refractivity contribution is 5.87. The minimum atomic E-state index is -0.959. The lowest BCUT2D eigenvalue weighted by Gasteiger charge is -2.33. The number of nitrogens with one attached hydrogen (secondary N) is 1. The van der Waals surface area contributed by atoms with Crippen molar-refractivity contribution in [3.63, 3.8) is 0 Å². The van der Waals surface area contributed by atoms with Gasteiger partial charge >= 0.3 is 0 Å². The molecule has 25 heavy (non-hydrogen) atoms. The summed E-state index contributed by atoms with van der Waals surface area (Å²) in [6.45, 7) is 4.32. The number of hydrogen-bond acceptors (Lipinski definition) is 4. The van der Waals surface area contributed by atoms with Crippen LogP contribution >= 0.6 is 0 Å². The molecule has 1 heterocycles. The monoisotopic (exact) mass is 355 g/mol. The summed E-state index contributed by atoms with van der Waals surface area (Å²) in [6, 6.07) is 2.85. The number of nitrogens with zero attached hydrogens (tertiary/aromatic N) is 1. The van der Waals surface area contributed by atoms with Gasteiger partial charge in [-0.05, 0) is 23.6 Å². The fraction of sp³-hybridized carbons (Fsp3) is 0.529. The molecule has 1 aliphatic rings. The molecule has 0 spiro atoms. The van der Waals surface area contributed by atoms with Gasteiger partial charge in [0.25, 0.3) is 0 Å². The lowest BCUT2D eigenvalue weighted by Crippen LogP contribution is -2.50. The fourth-order valence-electron chi connectivity index (χ4n) is 2.49. The van der Waals surface area contributed by atoms with Crippen LogP contribution in [0, 0.1) is 17.6 Å². The van der Waals surface area contributed by atoms with E-state index in [1.54, 1.807) is 0 Å². The highest BCUT2D eigenvalue weighted by Gasteiger charge is 2.27. The molecule has 1 saturated heterocycles. The van der Waals surface area contributed by atoms with E-state index in [9.17, 15) is 18.4 Å². The molecular weight excluding hydrogens is 332 g/mol. The molecule has 1 fully saturated rings. The number of rotatable bonds is 5. The van der Waals surface area contributed by atoms with Crippen molar-refractivity contribution in [2.75, 3.05) is 26.2 Å². The van der Waals surface area contributed by atoms with Crippen LogP contribution in [-0.2, 0) is 14.3 Å². The Bertz CT molecular complexity index is 640. The predicted molar refractivity (Wildman–Crippen MR) is 87.5 cm³/mol. The lowest BCUT2D eigenvalue weighted by atomic mass is 10.1. The van der Waals surface area contributed by atoms with Crippen molar-refractivity contribution < 1.29 is 23.1 Å². The number of morpholine rings is 1. The molecule has 3 N–H and O–H groups in total. The number of amides is 2. The molecule has 1 aromatic carbocycles. The van der Waals surface area contributed by atoms with E-state index in [1.165, 1.54) is 11.0 Å². The zero-order valence-electron chi connectivity index (χ0n) is 14.3. The maximum absolute atomic E-state index is 13.4. The van der Waals surface area contributed by atoms with E-state index in [4.69, 9.17) is 10.5 Å². The summed E-state index contributed by atoms with van der Waals surface area (Å²) >= 11 is 0. The van der Waals surface area contributed by atoms with Crippen LogP contribution < -0.4 is 11.1 Å². The smallest absolute Gasteiger partial charge is 0.242 e. The second-order valence-electron chi connectivity index (χ2n) is 6.36. The Labute approximate surface area is 145 Å². The average molecular weight is 355 g/mol. The number of ether oxygens (including phenoxy) is 1. The van der Waals surface area contributed by atoms with Crippen molar-refractivity contribution in [1.29, 1.82) is 0 Å². The Kier molecular flexibility index (Phi) is 6.44. The molecular formula is C17H23F2N3O3. The van der Waals surface area contributed by atoms with Gasteiger partial charge in [0.2, 0.25) is 11.8 Å². The maximum Gasteiger partial charge on any atom is 0.242 e. The van der Waals surface area contributed by atoms with Gasteiger partial charge < -0.3 is 20.7 Å². The maximum atomic E-state index is 13.4. The van der Waals surface area contributed by atoms with Crippen LogP contribution in [0.1, 0.15) is 25.5 Å². The first-order chi connectivity index (χ1) is 11.8. The van der Waals surface area contributed by atoms with Crippen LogP contribution in [0.15, 0.2) is 18.2 Å². The number of carbonyl (C=O) groups is 2. The summed E-state index contributed by atoms with van der Waals surface area (Å²) in [5, 5.41) is 2.53. The third-order valence-corrected chi connectivity index (χ3v) is 4.17. The standard InChI is InChI=1S/C17H23F2N3O3/c1-10(2)16(20)17(24)21-8-15(23)22-5-6-25-14(9-22)11-3-4-12(18)13(19)7-11/h3-4,7,10,14,16H,5-6,8-9,20H2,1-2H3,(H,21,24)/t14?,16-/m0/s1. The zero-order chi connectivity index (χ0) is 18.6. The number of hydrogen-bond donors (Lipinski definition) is 2. The summed E-state index contributed by atoms with van der Waals surface area (Å²) in [7, 11) is 0. The largest absolute Gasteiger partial charge is 0.370 e. The van der Waals surface area contributed by atoms with E-state index in [2.05, 4.69) is 5.32 Å². The summed E-state index contributed by atoms with van der Waals surface area (Å²) in [5.41, 5.74) is 6.19. The third kappa shape index (κ3) is 4.96. The van der Waals surface area contributed by atoms with Crippen molar-refractivity contribution in [3.8, 4) is 0 Å². The molecule has 1 aliphatic heterocycles. The second-order valence-corrected chi connectivity index (χ2v) is 6.36. The minimum Gasteiger partial charge on any atom is -0.370 e. The SMILES string of the molecule is CC(C)[C@H](N)C(=O)NCC(=O)N1CCOC(c2ccc(F)c(F)c2)C1. The van der Waals surface area contributed by atoms with Crippen molar-refractivity contribution >= 4 is 11.8 Å². The van der Waals surface area contributed by atoms with Gasteiger partial charge in [-0.3, -0.25) is 9.59 Å². The van der Waals surface area contributed by atoms with Gasteiger partial charge in [0.15, 0.2) is 11.6 Å². The molecule has 0 bridgehead atoms. The molecule has 8 heteroatoms. The van der Waals surface area contributed by atoms with Gasteiger partial charge in [-0.1, -0.05) is 19.9 Å². The summed E-state index contributed by atoms with van der Waals surface area (Å²) in [6.07, 6.45) is -0.540. The molecule has 0 aliphatic carbocycles. The summed E-state index contributed by atoms with van der Waals surface area (Å²) in [5.74, 6) is -2.58. The van der Waals surface area contributed by atoms with Gasteiger partial charge in [-0.2, -0.15) is 0 Å². The molecule has 138 valence electrons. The van der Waals surface area contributed by atoms with Crippen molar-refractivity contribution in [2.24, 2.45) is 11.7 Å². The van der Waals surface area contributed by atoms with Crippen LogP contribution in [0.5, 0.6) is 0 Å². The first kappa shape index (κ1) is 19.3. The van der Waals surface area contributed by atoms with Gasteiger partial charge in [0, 0.05) is 6.54 Å². The Morgan fingerprint density at radius 1 is 1.36 bits per heavy atom. The number of nitrogens with two attached hydrogens (primary N) is 1. The predicted octanol–water partition coefficient (Wildman–Crippen LogP) is 0.964. The quantitative estimate of drug-likeness (QED) is 0.824. The highest BCUT2D eigenvalue weighted by Crippen LogP contribution is 2.23. The normalized spacial score (nSPS) is 19.0. The Morgan fingerprint density at radius 3 is 2.72 bits per heavy atom. The molecule has 2 rings (SSSR count). The van der Waals surface area contributed by atoms with Gasteiger partial charge in [-0.25, -0.2) is 8.78 Å². The Morgan fingerprint density at radius 2 is 2.08 bits per heavy atom. The average Bonchev–Trinajstić information content (AvgIpc) is 2.61. The zero-order valence-corrected chi connectivity index (χ0v) is 14.3. The topological polar surface area (TPSA) is 84.7 Å². The minimum absolute atomic E-state index is 0.0313. The van der Waals surface area contributed by atoms with E-state index in [-0.39, 0.29) is 37.4 Å². The van der Waals surface area contributed by atoms with Gasteiger partial charge in [0.1, 0.15) is 6.10 Å². The molecule has 6 nitrogen and oxygen atoms in total. The van der Waals surface area contributed by atoms with Gasteiger partial charge in [-0.15, -0.1) is 0 Å². The van der Waals surface area contributed by atoms with E-state index >= 15 is 0 Å². The van der Waals surface area contributed by atoms with Crippen LogP contribution in [0.2, 0.25) is 0 Å². The highest BCUT2D eigenvalue weighted by atomic mass is 19.2. The van der Waals surface area contributed by atoms with Crippen molar-refractivity contribution in [1.82, 2.24) is 10.2 Å². The molecule has 2 amide bonds. The van der Waals surface area contributed by atoms with E-state index in [0.29, 0.717) is 12.1 Å². The molecule has 1 aromatic rings. The number of benzene rings is 1. The third-order valence-electron chi connectivity index (χ3n) is 4.17. The van der Waals surface area contributed by atoms with E-state index in [0.717, 1.165) is 12.1 Å². The first-order valence-electron chi connectivity index (χ1n) is 8.17. The molecule has 0 saturated carbocycles. The van der Waals surface area contributed by atoms with E-state index < -0.39 is 23.8 Å². The number of halogens is 2. The molecule has 2 atom stereocenters. The van der Waals surface area contributed by atoms with Crippen molar-refractivity contribution in [3.05, 3.63) is 35.4 Å². The lowest BCUT2D eigenvalue weighted by molar-refractivity contribution is -0.139. The Balaban J connectivity index is 1.92. The summed E-state index contributed by atoms with van der Waals surface area (Å²) < 4.78 is 32.0. The second kappa shape index (κ2) is 8.35. The molecule has 0 radical (unpaired) electrons. The Hall–Kier alpha value is -2.06. The number of carbonyl (C=O) groups excluding carboxylic acids is 2. The molecule has 1 unspecified atom stereocenters. The van der Waals surface area contributed by atoms with Crippen LogP contribution in [0.3, 0.4) is 0 Å². The summed E-state index contributed by atoms with van der Waals surface area (Å²) in [4.78, 5) is 25.6. The van der Waals surface area contributed by atoms with Crippen LogP contribution in [0.4, 0.5) is 8.78 Å². The fourth-order valence-corrected chi connectivity index (χ4v) is 2.49.